The lowest BCUT2D eigenvalue weighted by Gasteiger charge is -2.05. The third kappa shape index (κ3) is 3.22. The summed E-state index contributed by atoms with van der Waals surface area (Å²) < 4.78 is 28.2. The SMILES string of the molecule is Cn1nccc1CCNS(=O)(=O)c1c[nH]c(CN)c1. The minimum Gasteiger partial charge on any atom is -0.363 e. The Morgan fingerprint density at radius 2 is 2.32 bits per heavy atom. The van der Waals surface area contributed by atoms with Gasteiger partial charge in [-0.05, 0) is 12.1 Å². The summed E-state index contributed by atoms with van der Waals surface area (Å²) in [4.78, 5) is 3.02. The van der Waals surface area contributed by atoms with Crippen LogP contribution in [-0.2, 0) is 30.0 Å². The molecule has 0 atom stereocenters. The van der Waals surface area contributed by atoms with Crippen LogP contribution in [0, 0.1) is 0 Å². The lowest BCUT2D eigenvalue weighted by molar-refractivity contribution is 0.580. The van der Waals surface area contributed by atoms with Gasteiger partial charge in [0.05, 0.1) is 4.90 Å². The van der Waals surface area contributed by atoms with E-state index in [2.05, 4.69) is 14.8 Å². The topological polar surface area (TPSA) is 106 Å². The van der Waals surface area contributed by atoms with Gasteiger partial charge >= 0.3 is 0 Å². The maximum Gasteiger partial charge on any atom is 0.242 e. The van der Waals surface area contributed by atoms with E-state index in [9.17, 15) is 8.42 Å². The van der Waals surface area contributed by atoms with Crippen molar-refractivity contribution in [1.29, 1.82) is 0 Å². The predicted molar refractivity (Wildman–Crippen MR) is 70.8 cm³/mol. The van der Waals surface area contributed by atoms with E-state index in [1.165, 1.54) is 12.3 Å². The fourth-order valence-electron chi connectivity index (χ4n) is 1.74. The quantitative estimate of drug-likeness (QED) is 0.678. The van der Waals surface area contributed by atoms with Crippen molar-refractivity contribution in [3.8, 4) is 0 Å². The molecule has 0 radical (unpaired) electrons. The number of H-pyrrole nitrogens is 1. The molecule has 0 saturated carbocycles. The second-order valence-corrected chi connectivity index (χ2v) is 5.93. The molecule has 0 aliphatic rings. The van der Waals surface area contributed by atoms with E-state index in [4.69, 9.17) is 5.73 Å². The van der Waals surface area contributed by atoms with Crippen LogP contribution < -0.4 is 10.5 Å². The Balaban J connectivity index is 1.96. The van der Waals surface area contributed by atoms with Crippen LogP contribution in [0.1, 0.15) is 11.4 Å². The summed E-state index contributed by atoms with van der Waals surface area (Å²) in [5.74, 6) is 0. The average molecular weight is 283 g/mol. The normalized spacial score (nSPS) is 11.9. The van der Waals surface area contributed by atoms with Crippen LogP contribution in [0.2, 0.25) is 0 Å². The summed E-state index contributed by atoms with van der Waals surface area (Å²) in [7, 11) is -1.66. The standard InChI is InChI=1S/C11H17N5O2S/c1-16-10(2-4-14-16)3-5-15-19(17,18)11-6-9(7-12)13-8-11/h2,4,6,8,13,15H,3,5,7,12H2,1H3. The lowest BCUT2D eigenvalue weighted by Crippen LogP contribution is -2.26. The molecule has 0 saturated heterocycles. The molecule has 2 aromatic rings. The van der Waals surface area contributed by atoms with Crippen molar-refractivity contribution in [3.63, 3.8) is 0 Å². The number of hydrogen-bond donors (Lipinski definition) is 3. The molecule has 2 aromatic heterocycles. The van der Waals surface area contributed by atoms with Gasteiger partial charge in [0.15, 0.2) is 0 Å². The minimum atomic E-state index is -3.48. The molecule has 7 nitrogen and oxygen atoms in total. The number of nitrogens with zero attached hydrogens (tertiary/aromatic N) is 2. The van der Waals surface area contributed by atoms with Gasteiger partial charge in [0.1, 0.15) is 0 Å². The predicted octanol–water partition coefficient (Wildman–Crippen LogP) is -0.272. The molecule has 0 aliphatic carbocycles. The molecule has 104 valence electrons. The second kappa shape index (κ2) is 5.55. The Kier molecular flexibility index (Phi) is 4.03. The van der Waals surface area contributed by atoms with Crippen molar-refractivity contribution in [2.24, 2.45) is 12.8 Å². The monoisotopic (exact) mass is 283 g/mol. The number of sulfonamides is 1. The van der Waals surface area contributed by atoms with Gasteiger partial charge in [0, 0.05) is 50.3 Å². The molecule has 19 heavy (non-hydrogen) atoms. The van der Waals surface area contributed by atoms with E-state index >= 15 is 0 Å². The maximum absolute atomic E-state index is 12.0. The van der Waals surface area contributed by atoms with Gasteiger partial charge in [-0.2, -0.15) is 5.10 Å². The van der Waals surface area contributed by atoms with Crippen LogP contribution in [-0.4, -0.2) is 29.7 Å². The Morgan fingerprint density at radius 1 is 1.53 bits per heavy atom. The molecular weight excluding hydrogens is 266 g/mol. The molecule has 0 aliphatic heterocycles. The highest BCUT2D eigenvalue weighted by atomic mass is 32.2. The van der Waals surface area contributed by atoms with E-state index in [0.29, 0.717) is 18.7 Å². The molecule has 0 spiro atoms. The van der Waals surface area contributed by atoms with Gasteiger partial charge < -0.3 is 10.7 Å². The number of nitrogens with two attached hydrogens (primary N) is 1. The number of aromatic nitrogens is 3. The molecule has 2 rings (SSSR count). The van der Waals surface area contributed by atoms with Crippen LogP contribution in [0.15, 0.2) is 29.4 Å². The molecule has 2 heterocycles. The average Bonchev–Trinajstić information content (AvgIpc) is 2.99. The van der Waals surface area contributed by atoms with Crippen LogP contribution in [0.5, 0.6) is 0 Å². The van der Waals surface area contributed by atoms with E-state index in [-0.39, 0.29) is 11.4 Å². The van der Waals surface area contributed by atoms with Crippen LogP contribution in [0.3, 0.4) is 0 Å². The van der Waals surface area contributed by atoms with Crippen molar-refractivity contribution >= 4 is 10.0 Å². The molecule has 0 bridgehead atoms. The van der Waals surface area contributed by atoms with Gasteiger partial charge in [-0.1, -0.05) is 0 Å². The largest absolute Gasteiger partial charge is 0.363 e. The van der Waals surface area contributed by atoms with Crippen molar-refractivity contribution in [2.75, 3.05) is 6.54 Å². The van der Waals surface area contributed by atoms with Crippen molar-refractivity contribution < 1.29 is 8.42 Å². The van der Waals surface area contributed by atoms with Crippen molar-refractivity contribution in [1.82, 2.24) is 19.5 Å². The summed E-state index contributed by atoms with van der Waals surface area (Å²) in [5, 5.41) is 4.02. The Morgan fingerprint density at radius 3 is 2.89 bits per heavy atom. The van der Waals surface area contributed by atoms with E-state index in [1.807, 2.05) is 13.1 Å². The number of aromatic amines is 1. The van der Waals surface area contributed by atoms with Gasteiger partial charge in [-0.15, -0.1) is 0 Å². The van der Waals surface area contributed by atoms with Gasteiger partial charge in [0.2, 0.25) is 10.0 Å². The van der Waals surface area contributed by atoms with E-state index in [1.54, 1.807) is 10.9 Å². The molecule has 0 unspecified atom stereocenters. The van der Waals surface area contributed by atoms with Crippen LogP contribution >= 0.6 is 0 Å². The minimum absolute atomic E-state index is 0.206. The lowest BCUT2D eigenvalue weighted by atomic mass is 10.3. The highest BCUT2D eigenvalue weighted by Crippen LogP contribution is 2.10. The Labute approximate surface area is 111 Å². The first-order valence-corrected chi connectivity index (χ1v) is 7.35. The summed E-state index contributed by atoms with van der Waals surface area (Å²) in [6.07, 6.45) is 3.71. The molecule has 4 N–H and O–H groups in total. The number of nitrogens with one attached hydrogen (secondary N) is 2. The Bertz CT molecular complexity index is 644. The number of aryl methyl sites for hydroxylation is 1. The van der Waals surface area contributed by atoms with Crippen molar-refractivity contribution in [2.45, 2.75) is 17.9 Å². The first-order valence-electron chi connectivity index (χ1n) is 5.87. The van der Waals surface area contributed by atoms with E-state index in [0.717, 1.165) is 5.69 Å². The maximum atomic E-state index is 12.0. The van der Waals surface area contributed by atoms with Crippen LogP contribution in [0.25, 0.3) is 0 Å². The highest BCUT2D eigenvalue weighted by molar-refractivity contribution is 7.89. The number of hydrogen-bond acceptors (Lipinski definition) is 4. The smallest absolute Gasteiger partial charge is 0.242 e. The van der Waals surface area contributed by atoms with Gasteiger partial charge in [-0.25, -0.2) is 13.1 Å². The van der Waals surface area contributed by atoms with Gasteiger partial charge in [0.25, 0.3) is 0 Å². The van der Waals surface area contributed by atoms with Crippen molar-refractivity contribution in [3.05, 3.63) is 35.9 Å². The molecular formula is C11H17N5O2S. The van der Waals surface area contributed by atoms with E-state index < -0.39 is 10.0 Å². The zero-order valence-corrected chi connectivity index (χ0v) is 11.4. The molecule has 0 aromatic carbocycles. The zero-order valence-electron chi connectivity index (χ0n) is 10.6. The van der Waals surface area contributed by atoms with Gasteiger partial charge in [-0.3, -0.25) is 4.68 Å². The molecule has 0 fully saturated rings. The fraction of sp³-hybridized carbons (Fsp3) is 0.364. The number of rotatable bonds is 6. The summed E-state index contributed by atoms with van der Waals surface area (Å²) >= 11 is 0. The Hall–Kier alpha value is -1.64. The first-order chi connectivity index (χ1) is 9.03. The molecule has 0 amide bonds. The first kappa shape index (κ1) is 13.8. The summed E-state index contributed by atoms with van der Waals surface area (Å²) in [6, 6.07) is 3.39. The highest BCUT2D eigenvalue weighted by Gasteiger charge is 2.15. The summed E-state index contributed by atoms with van der Waals surface area (Å²) in [5.41, 5.74) is 7.09. The molecule has 8 heteroatoms. The third-order valence-electron chi connectivity index (χ3n) is 2.84. The fourth-order valence-corrected chi connectivity index (χ4v) is 2.78. The van der Waals surface area contributed by atoms with Crippen LogP contribution in [0.4, 0.5) is 0 Å². The second-order valence-electron chi connectivity index (χ2n) is 4.16. The third-order valence-corrected chi connectivity index (χ3v) is 4.28. The summed E-state index contributed by atoms with van der Waals surface area (Å²) in [6.45, 7) is 0.607. The zero-order chi connectivity index (χ0) is 13.9.